The van der Waals surface area contributed by atoms with Crippen LogP contribution >= 0.6 is 0 Å². The number of carbonyl (C=O) groups excluding carboxylic acids is 1. The van der Waals surface area contributed by atoms with Crippen LogP contribution in [0.4, 0.5) is 0 Å². The van der Waals surface area contributed by atoms with Crippen LogP contribution in [0.2, 0.25) is 0 Å². The lowest BCUT2D eigenvalue weighted by atomic mass is 9.99. The molecule has 4 rings (SSSR count). The molecule has 7 N–H and O–H groups in total. The van der Waals surface area contributed by atoms with Gasteiger partial charge in [-0.15, -0.1) is 0 Å². The first kappa shape index (κ1) is 26.7. The number of hydrogen-bond acceptors (Lipinski definition) is 12. The zero-order valence-corrected chi connectivity index (χ0v) is 19.5. The minimum atomic E-state index is -1.89. The van der Waals surface area contributed by atoms with E-state index in [0.29, 0.717) is 0 Å². The van der Waals surface area contributed by atoms with Gasteiger partial charge >= 0.3 is 23.3 Å². The van der Waals surface area contributed by atoms with Crippen molar-refractivity contribution in [3.63, 3.8) is 0 Å². The Morgan fingerprint density at radius 2 is 1.68 bits per heavy atom. The first-order valence-electron chi connectivity index (χ1n) is 11.0. The summed E-state index contributed by atoms with van der Waals surface area (Å²) >= 11 is 0. The molecule has 0 aliphatic carbocycles. The molecule has 0 spiro atoms. The fourth-order valence-electron chi connectivity index (χ4n) is 3.79. The third-order valence-corrected chi connectivity index (χ3v) is 5.72. The lowest BCUT2D eigenvalue weighted by Crippen LogP contribution is -2.60. The van der Waals surface area contributed by atoms with Crippen LogP contribution in [0.3, 0.4) is 0 Å². The molecule has 1 fully saturated rings. The Bertz CT molecular complexity index is 1370. The molecule has 0 radical (unpaired) electrons. The number of phenols is 3. The SMILES string of the molecule is COc1cc(-c2[o+]c3cc(O)cc(O)c3cc2O[C@@H]2O[C@H](COC(=O)C(=O)O)[C@H](O)[C@H](O)[C@H]2O)ccc1O. The van der Waals surface area contributed by atoms with Crippen LogP contribution in [0.1, 0.15) is 0 Å². The first-order valence-corrected chi connectivity index (χ1v) is 11.0. The van der Waals surface area contributed by atoms with E-state index in [4.69, 9.17) is 23.7 Å². The van der Waals surface area contributed by atoms with Crippen LogP contribution in [0.15, 0.2) is 40.8 Å². The van der Waals surface area contributed by atoms with E-state index in [1.807, 2.05) is 0 Å². The Morgan fingerprint density at radius 3 is 2.37 bits per heavy atom. The summed E-state index contributed by atoms with van der Waals surface area (Å²) in [4.78, 5) is 22.0. The number of carboxylic acids is 1. The van der Waals surface area contributed by atoms with Gasteiger partial charge in [0.15, 0.2) is 11.5 Å². The van der Waals surface area contributed by atoms with Gasteiger partial charge in [-0.1, -0.05) is 0 Å². The fraction of sp³-hybridized carbons (Fsp3) is 0.292. The van der Waals surface area contributed by atoms with Gasteiger partial charge in [-0.25, -0.2) is 14.0 Å². The summed E-state index contributed by atoms with van der Waals surface area (Å²) < 4.78 is 26.8. The highest BCUT2D eigenvalue weighted by Gasteiger charge is 2.46. The van der Waals surface area contributed by atoms with Crippen molar-refractivity contribution in [1.29, 1.82) is 0 Å². The number of ether oxygens (including phenoxy) is 4. The summed E-state index contributed by atoms with van der Waals surface area (Å²) in [5.41, 5.74) is 0.299. The minimum absolute atomic E-state index is 0.0240. The van der Waals surface area contributed by atoms with E-state index in [1.165, 1.54) is 37.4 Å². The maximum Gasteiger partial charge on any atom is 0.417 e. The molecule has 3 aromatic rings. The quantitative estimate of drug-likeness (QED) is 0.128. The molecule has 2 aromatic carbocycles. The zero-order chi connectivity index (χ0) is 27.7. The van der Waals surface area contributed by atoms with Crippen molar-refractivity contribution >= 4 is 22.9 Å². The van der Waals surface area contributed by atoms with E-state index < -0.39 is 49.3 Å². The molecule has 1 saturated heterocycles. The van der Waals surface area contributed by atoms with E-state index in [2.05, 4.69) is 4.74 Å². The topological polar surface area (TPSA) is 224 Å². The minimum Gasteiger partial charge on any atom is -0.507 e. The summed E-state index contributed by atoms with van der Waals surface area (Å²) in [7, 11) is 1.32. The van der Waals surface area contributed by atoms with Crippen molar-refractivity contribution < 1.29 is 68.7 Å². The summed E-state index contributed by atoms with van der Waals surface area (Å²) in [5, 5.41) is 70.0. The fourth-order valence-corrected chi connectivity index (χ4v) is 3.79. The molecule has 0 unspecified atom stereocenters. The molecule has 202 valence electrons. The number of phenolic OH excluding ortho intramolecular Hbond substituents is 3. The van der Waals surface area contributed by atoms with Crippen molar-refractivity contribution in [1.82, 2.24) is 0 Å². The average molecular weight is 535 g/mol. The van der Waals surface area contributed by atoms with Gasteiger partial charge in [0.25, 0.3) is 0 Å². The van der Waals surface area contributed by atoms with E-state index in [-0.39, 0.29) is 51.0 Å². The molecule has 0 bridgehead atoms. The molecule has 1 aliphatic rings. The lowest BCUT2D eigenvalue weighted by Gasteiger charge is -2.39. The summed E-state index contributed by atoms with van der Waals surface area (Å²) in [6, 6.07) is 7.68. The number of benzene rings is 2. The summed E-state index contributed by atoms with van der Waals surface area (Å²) in [6.45, 7) is -0.792. The molecule has 14 nitrogen and oxygen atoms in total. The molecular weight excluding hydrogens is 512 g/mol. The van der Waals surface area contributed by atoms with Crippen molar-refractivity contribution in [3.8, 4) is 40.1 Å². The number of aliphatic hydroxyl groups excluding tert-OH is 3. The molecule has 5 atom stereocenters. The second-order valence-electron chi connectivity index (χ2n) is 8.24. The van der Waals surface area contributed by atoms with Gasteiger partial charge in [-0.05, 0) is 12.1 Å². The number of fused-ring (bicyclic) bond motifs is 1. The Labute approximate surface area is 213 Å². The maximum absolute atomic E-state index is 11.3. The summed E-state index contributed by atoms with van der Waals surface area (Å²) in [5.74, 6) is -4.54. The maximum atomic E-state index is 11.3. The van der Waals surface area contributed by atoms with Crippen LogP contribution in [-0.2, 0) is 19.1 Å². The predicted octanol–water partition coefficient (Wildman–Crippen LogP) is 0.320. The van der Waals surface area contributed by atoms with E-state index in [9.17, 15) is 40.2 Å². The Balaban J connectivity index is 1.75. The van der Waals surface area contributed by atoms with Crippen LogP contribution < -0.4 is 9.47 Å². The van der Waals surface area contributed by atoms with Crippen molar-refractivity contribution in [3.05, 3.63) is 36.4 Å². The third-order valence-electron chi connectivity index (χ3n) is 5.72. The number of esters is 1. The van der Waals surface area contributed by atoms with Crippen LogP contribution in [0.25, 0.3) is 22.3 Å². The normalized spacial score (nSPS) is 23.1. The number of aliphatic carboxylic acids is 1. The van der Waals surface area contributed by atoms with Crippen LogP contribution in [-0.4, -0.2) is 92.1 Å². The highest BCUT2D eigenvalue weighted by atomic mass is 16.7. The molecule has 0 amide bonds. The van der Waals surface area contributed by atoms with Crippen LogP contribution in [0.5, 0.6) is 28.7 Å². The monoisotopic (exact) mass is 535 g/mol. The van der Waals surface area contributed by atoms with Gasteiger partial charge in [0, 0.05) is 18.2 Å². The number of hydrogen-bond donors (Lipinski definition) is 7. The molecule has 1 aromatic heterocycles. The van der Waals surface area contributed by atoms with Gasteiger partial charge in [-0.2, -0.15) is 0 Å². The summed E-state index contributed by atoms with van der Waals surface area (Å²) in [6.07, 6.45) is -8.70. The second kappa shape index (κ2) is 10.5. The number of carbonyl (C=O) groups is 2. The van der Waals surface area contributed by atoms with Crippen molar-refractivity contribution in [2.24, 2.45) is 0 Å². The molecular formula is C24H23O14+. The second-order valence-corrected chi connectivity index (χ2v) is 8.24. The Morgan fingerprint density at radius 1 is 0.947 bits per heavy atom. The molecule has 1 aliphatic heterocycles. The standard InChI is InChI=1S/C24H22O14/c1-34-15-4-9(2-3-12(15)26)21-16(7-11-13(27)5-10(25)6-14(11)36-21)37-24-20(30)19(29)18(28)17(38-24)8-35-23(33)22(31)32/h2-7,17-20,24,28-30H,8H2,1H3,(H3-,25,26,27,31,32)/p+1/t17-,18+,19+,20-,24-/m1/s1. The number of rotatable bonds is 6. The van der Waals surface area contributed by atoms with E-state index in [0.717, 1.165) is 6.07 Å². The highest BCUT2D eigenvalue weighted by Crippen LogP contribution is 2.42. The number of carboxylic acid groups (broad SMARTS) is 1. The number of aliphatic hydroxyl groups is 3. The highest BCUT2D eigenvalue weighted by molar-refractivity contribution is 6.28. The van der Waals surface area contributed by atoms with E-state index >= 15 is 0 Å². The van der Waals surface area contributed by atoms with Gasteiger partial charge in [0.1, 0.15) is 47.9 Å². The Kier molecular flexibility index (Phi) is 7.41. The van der Waals surface area contributed by atoms with Crippen LogP contribution in [0, 0.1) is 0 Å². The van der Waals surface area contributed by atoms with Gasteiger partial charge < -0.3 is 54.7 Å². The molecule has 38 heavy (non-hydrogen) atoms. The van der Waals surface area contributed by atoms with Gasteiger partial charge in [-0.3, -0.25) is 0 Å². The lowest BCUT2D eigenvalue weighted by molar-refractivity contribution is -0.278. The number of methoxy groups -OCH3 is 1. The molecule has 0 saturated carbocycles. The Hall–Kier alpha value is -4.37. The van der Waals surface area contributed by atoms with Gasteiger partial charge in [0.05, 0.1) is 18.7 Å². The number of aromatic hydroxyl groups is 3. The smallest absolute Gasteiger partial charge is 0.417 e. The average Bonchev–Trinajstić information content (AvgIpc) is 2.88. The van der Waals surface area contributed by atoms with Gasteiger partial charge in [0.2, 0.25) is 12.0 Å². The first-order chi connectivity index (χ1) is 18.0. The molecule has 14 heteroatoms. The zero-order valence-electron chi connectivity index (χ0n) is 19.5. The van der Waals surface area contributed by atoms with E-state index in [1.54, 1.807) is 0 Å². The van der Waals surface area contributed by atoms with Crippen molar-refractivity contribution in [2.45, 2.75) is 30.7 Å². The third kappa shape index (κ3) is 5.19. The predicted molar refractivity (Wildman–Crippen MR) is 124 cm³/mol. The van der Waals surface area contributed by atoms with Crippen molar-refractivity contribution in [2.75, 3.05) is 13.7 Å². The molecule has 2 heterocycles. The largest absolute Gasteiger partial charge is 0.507 e.